The van der Waals surface area contributed by atoms with E-state index >= 15 is 0 Å². The van der Waals surface area contributed by atoms with E-state index in [1.807, 2.05) is 24.3 Å². The van der Waals surface area contributed by atoms with Crippen molar-refractivity contribution in [1.29, 1.82) is 0 Å². The Morgan fingerprint density at radius 2 is 1.85 bits per heavy atom. The quantitative estimate of drug-likeness (QED) is 0.603. The molecular formula is C20H28IN3O2. The van der Waals surface area contributed by atoms with Crippen LogP contribution in [0, 0.1) is 9.49 Å². The fourth-order valence-electron chi connectivity index (χ4n) is 3.74. The summed E-state index contributed by atoms with van der Waals surface area (Å²) in [7, 11) is 0. The number of nitrogens with zero attached hydrogens (tertiary/aromatic N) is 1. The van der Waals surface area contributed by atoms with E-state index in [9.17, 15) is 9.59 Å². The average molecular weight is 469 g/mol. The Balaban J connectivity index is 1.88. The lowest BCUT2D eigenvalue weighted by molar-refractivity contribution is -0.142. The Hall–Kier alpha value is -1.15. The lowest BCUT2D eigenvalue weighted by Crippen LogP contribution is -2.49. The standard InChI is InChI=1S/C20H28IN3O2/c21-17-9-5-4-8-16(17)18(19(25)23-15-6-2-1-3-7-15)24(13-12-22)20(26)14-10-11-14/h4-5,8-9,14-15,18H,1-3,6-7,10-13,22H2,(H,23,25). The first kappa shape index (κ1) is 19.6. The van der Waals surface area contributed by atoms with Gasteiger partial charge in [-0.25, -0.2) is 0 Å². The van der Waals surface area contributed by atoms with Crippen LogP contribution in [-0.2, 0) is 9.59 Å². The normalized spacial score (nSPS) is 19.0. The molecule has 5 nitrogen and oxygen atoms in total. The molecule has 3 N–H and O–H groups in total. The van der Waals surface area contributed by atoms with Gasteiger partial charge in [-0.1, -0.05) is 37.5 Å². The summed E-state index contributed by atoms with van der Waals surface area (Å²) in [6, 6.07) is 7.45. The molecule has 26 heavy (non-hydrogen) atoms. The molecule has 2 amide bonds. The molecule has 1 atom stereocenters. The molecule has 0 radical (unpaired) electrons. The van der Waals surface area contributed by atoms with Gasteiger partial charge < -0.3 is 16.0 Å². The van der Waals surface area contributed by atoms with Crippen LogP contribution in [0.3, 0.4) is 0 Å². The molecule has 2 saturated carbocycles. The Morgan fingerprint density at radius 3 is 2.46 bits per heavy atom. The number of carbonyl (C=O) groups is 2. The van der Waals surface area contributed by atoms with Crippen molar-refractivity contribution in [3.05, 3.63) is 33.4 Å². The average Bonchev–Trinajstić information content (AvgIpc) is 3.48. The topological polar surface area (TPSA) is 75.4 Å². The Bertz CT molecular complexity index is 642. The van der Waals surface area contributed by atoms with E-state index < -0.39 is 6.04 Å². The van der Waals surface area contributed by atoms with Gasteiger partial charge in [0, 0.05) is 28.6 Å². The van der Waals surface area contributed by atoms with Crippen molar-refractivity contribution in [3.8, 4) is 0 Å². The Labute approximate surface area is 169 Å². The molecule has 0 aliphatic heterocycles. The van der Waals surface area contributed by atoms with Crippen molar-refractivity contribution in [1.82, 2.24) is 10.2 Å². The molecule has 0 bridgehead atoms. The van der Waals surface area contributed by atoms with Gasteiger partial charge in [0.15, 0.2) is 0 Å². The third kappa shape index (κ3) is 4.76. The van der Waals surface area contributed by atoms with Gasteiger partial charge in [-0.05, 0) is 59.9 Å². The summed E-state index contributed by atoms with van der Waals surface area (Å²) in [5.74, 6) is 0.0651. The lowest BCUT2D eigenvalue weighted by atomic mass is 9.94. The molecule has 2 aliphatic carbocycles. The number of carbonyl (C=O) groups excluding carboxylic acids is 2. The second kappa shape index (κ2) is 9.17. The molecule has 6 heteroatoms. The first-order chi connectivity index (χ1) is 12.6. The van der Waals surface area contributed by atoms with Crippen LogP contribution in [0.2, 0.25) is 0 Å². The summed E-state index contributed by atoms with van der Waals surface area (Å²) in [5.41, 5.74) is 6.69. The van der Waals surface area contributed by atoms with Crippen LogP contribution in [0.15, 0.2) is 24.3 Å². The second-order valence-corrected chi connectivity index (χ2v) is 8.52. The lowest BCUT2D eigenvalue weighted by Gasteiger charge is -2.33. The summed E-state index contributed by atoms with van der Waals surface area (Å²) in [5, 5.41) is 3.22. The minimum atomic E-state index is -0.596. The number of rotatable bonds is 7. The van der Waals surface area contributed by atoms with Crippen molar-refractivity contribution in [3.63, 3.8) is 0 Å². The first-order valence-corrected chi connectivity index (χ1v) is 10.7. The molecule has 142 valence electrons. The smallest absolute Gasteiger partial charge is 0.247 e. The number of amides is 2. The van der Waals surface area contributed by atoms with Crippen LogP contribution >= 0.6 is 22.6 Å². The van der Waals surface area contributed by atoms with Gasteiger partial charge >= 0.3 is 0 Å². The van der Waals surface area contributed by atoms with Crippen molar-refractivity contribution in [2.75, 3.05) is 13.1 Å². The zero-order valence-corrected chi connectivity index (χ0v) is 17.3. The van der Waals surface area contributed by atoms with Crippen molar-refractivity contribution >= 4 is 34.4 Å². The molecule has 1 aromatic carbocycles. The summed E-state index contributed by atoms with van der Waals surface area (Å²) in [6.45, 7) is 0.762. The van der Waals surface area contributed by atoms with Gasteiger partial charge in [0.2, 0.25) is 11.8 Å². The van der Waals surface area contributed by atoms with E-state index in [0.29, 0.717) is 13.1 Å². The molecule has 1 aromatic rings. The molecule has 0 saturated heterocycles. The fraction of sp³-hybridized carbons (Fsp3) is 0.600. The Morgan fingerprint density at radius 1 is 1.15 bits per heavy atom. The van der Waals surface area contributed by atoms with Crippen LogP contribution in [0.4, 0.5) is 0 Å². The van der Waals surface area contributed by atoms with Crippen LogP contribution in [0.1, 0.15) is 56.6 Å². The third-order valence-electron chi connectivity index (χ3n) is 5.29. The summed E-state index contributed by atoms with van der Waals surface area (Å²) >= 11 is 2.25. The maximum Gasteiger partial charge on any atom is 0.247 e. The van der Waals surface area contributed by atoms with Crippen LogP contribution < -0.4 is 11.1 Å². The van der Waals surface area contributed by atoms with Crippen LogP contribution in [0.25, 0.3) is 0 Å². The largest absolute Gasteiger partial charge is 0.351 e. The maximum absolute atomic E-state index is 13.3. The van der Waals surface area contributed by atoms with Crippen LogP contribution in [0.5, 0.6) is 0 Å². The van der Waals surface area contributed by atoms with Gasteiger partial charge in [-0.15, -0.1) is 0 Å². The number of nitrogens with one attached hydrogen (secondary N) is 1. The van der Waals surface area contributed by atoms with Gasteiger partial charge in [0.05, 0.1) is 0 Å². The molecule has 0 heterocycles. The highest BCUT2D eigenvalue weighted by atomic mass is 127. The molecule has 1 unspecified atom stereocenters. The number of hydrogen-bond donors (Lipinski definition) is 2. The molecule has 2 aliphatic rings. The highest BCUT2D eigenvalue weighted by Crippen LogP contribution is 2.35. The van der Waals surface area contributed by atoms with Gasteiger partial charge in [-0.3, -0.25) is 9.59 Å². The monoisotopic (exact) mass is 469 g/mol. The van der Waals surface area contributed by atoms with Crippen molar-refractivity contribution < 1.29 is 9.59 Å². The third-order valence-corrected chi connectivity index (χ3v) is 6.27. The predicted octanol–water partition coefficient (Wildman–Crippen LogP) is 2.98. The van der Waals surface area contributed by atoms with E-state index in [1.165, 1.54) is 6.42 Å². The fourth-order valence-corrected chi connectivity index (χ4v) is 4.43. The molecule has 0 spiro atoms. The predicted molar refractivity (Wildman–Crippen MR) is 110 cm³/mol. The van der Waals surface area contributed by atoms with E-state index in [4.69, 9.17) is 5.73 Å². The minimum absolute atomic E-state index is 0.0629. The minimum Gasteiger partial charge on any atom is -0.351 e. The van der Waals surface area contributed by atoms with Crippen molar-refractivity contribution in [2.45, 2.75) is 57.0 Å². The van der Waals surface area contributed by atoms with Crippen molar-refractivity contribution in [2.24, 2.45) is 11.7 Å². The zero-order valence-electron chi connectivity index (χ0n) is 15.1. The summed E-state index contributed by atoms with van der Waals surface area (Å²) in [6.07, 6.45) is 7.45. The van der Waals surface area contributed by atoms with Crippen LogP contribution in [-0.4, -0.2) is 35.8 Å². The number of halogens is 1. The molecule has 3 rings (SSSR count). The SMILES string of the molecule is NCCN(C(=O)C1CC1)C(C(=O)NC1CCCCC1)c1ccccc1I. The van der Waals surface area contributed by atoms with E-state index in [-0.39, 0.29) is 23.8 Å². The Kier molecular flexibility index (Phi) is 6.92. The van der Waals surface area contributed by atoms with E-state index in [2.05, 4.69) is 27.9 Å². The number of hydrogen-bond acceptors (Lipinski definition) is 3. The van der Waals surface area contributed by atoms with Gasteiger partial charge in [0.25, 0.3) is 0 Å². The maximum atomic E-state index is 13.3. The number of nitrogens with two attached hydrogens (primary N) is 1. The second-order valence-electron chi connectivity index (χ2n) is 7.36. The molecule has 0 aromatic heterocycles. The van der Waals surface area contributed by atoms with Gasteiger partial charge in [0.1, 0.15) is 6.04 Å². The highest BCUT2D eigenvalue weighted by Gasteiger charge is 2.40. The van der Waals surface area contributed by atoms with E-state index in [1.54, 1.807) is 4.90 Å². The molecular weight excluding hydrogens is 441 g/mol. The van der Waals surface area contributed by atoms with Gasteiger partial charge in [-0.2, -0.15) is 0 Å². The van der Waals surface area contributed by atoms with E-state index in [0.717, 1.165) is 47.7 Å². The summed E-state index contributed by atoms with van der Waals surface area (Å²) < 4.78 is 1.000. The number of benzene rings is 1. The first-order valence-electron chi connectivity index (χ1n) is 9.67. The summed E-state index contributed by atoms with van der Waals surface area (Å²) in [4.78, 5) is 27.9. The molecule has 2 fully saturated rings. The zero-order chi connectivity index (χ0) is 18.5. The highest BCUT2D eigenvalue weighted by molar-refractivity contribution is 14.1.